The van der Waals surface area contributed by atoms with Crippen molar-refractivity contribution in [1.82, 2.24) is 5.32 Å². The first-order chi connectivity index (χ1) is 5.93. The molecule has 0 aromatic rings. The van der Waals surface area contributed by atoms with Gasteiger partial charge in [-0.25, -0.2) is 0 Å². The molecular formula is C11H22N. The van der Waals surface area contributed by atoms with Crippen molar-refractivity contribution < 1.29 is 0 Å². The number of hydrogen-bond donors (Lipinski definition) is 1. The Hall–Kier alpha value is -0.0400. The van der Waals surface area contributed by atoms with Gasteiger partial charge in [0.25, 0.3) is 0 Å². The van der Waals surface area contributed by atoms with Gasteiger partial charge >= 0.3 is 0 Å². The van der Waals surface area contributed by atoms with E-state index in [1.54, 1.807) is 0 Å². The van der Waals surface area contributed by atoms with Gasteiger partial charge < -0.3 is 5.32 Å². The molecule has 1 aliphatic rings. The summed E-state index contributed by atoms with van der Waals surface area (Å²) < 4.78 is 0. The minimum atomic E-state index is 0.965. The van der Waals surface area contributed by atoms with Gasteiger partial charge in [0.1, 0.15) is 0 Å². The first-order valence-corrected chi connectivity index (χ1v) is 5.48. The van der Waals surface area contributed by atoms with E-state index in [2.05, 4.69) is 18.8 Å². The van der Waals surface area contributed by atoms with E-state index < -0.39 is 0 Å². The number of unbranched alkanes of at least 4 members (excludes halogenated alkanes) is 1. The SMILES string of the molecule is CCC[CH]NCC1CCCCC1. The van der Waals surface area contributed by atoms with Crippen LogP contribution in [-0.4, -0.2) is 6.54 Å². The molecule has 71 valence electrons. The van der Waals surface area contributed by atoms with Crippen LogP contribution in [0.15, 0.2) is 0 Å². The first kappa shape index (κ1) is 10.0. The second-order valence-corrected chi connectivity index (χ2v) is 3.91. The zero-order chi connectivity index (χ0) is 8.65. The van der Waals surface area contributed by atoms with Gasteiger partial charge in [0.05, 0.1) is 0 Å². The summed E-state index contributed by atoms with van der Waals surface area (Å²) in [4.78, 5) is 0. The van der Waals surface area contributed by atoms with Crippen LogP contribution in [0, 0.1) is 12.5 Å². The molecule has 0 unspecified atom stereocenters. The van der Waals surface area contributed by atoms with Crippen LogP contribution in [0.2, 0.25) is 0 Å². The van der Waals surface area contributed by atoms with Crippen LogP contribution < -0.4 is 5.32 Å². The molecule has 1 rings (SSSR count). The van der Waals surface area contributed by atoms with Gasteiger partial charge in [-0.05, 0) is 31.7 Å². The maximum Gasteiger partial charge on any atom is 0.0221 e. The number of rotatable bonds is 5. The molecule has 0 amide bonds. The summed E-state index contributed by atoms with van der Waals surface area (Å²) in [6, 6.07) is 0. The minimum absolute atomic E-state index is 0.965. The van der Waals surface area contributed by atoms with E-state index in [0.29, 0.717) is 0 Å². The summed E-state index contributed by atoms with van der Waals surface area (Å²) >= 11 is 0. The van der Waals surface area contributed by atoms with Gasteiger partial charge in [-0.3, -0.25) is 0 Å². The van der Waals surface area contributed by atoms with Crippen molar-refractivity contribution >= 4 is 0 Å². The lowest BCUT2D eigenvalue weighted by Crippen LogP contribution is -2.22. The third kappa shape index (κ3) is 4.10. The van der Waals surface area contributed by atoms with E-state index in [4.69, 9.17) is 0 Å². The Bertz CT molecular complexity index is 95.2. The fourth-order valence-corrected chi connectivity index (χ4v) is 1.89. The largest absolute Gasteiger partial charge is 0.312 e. The van der Waals surface area contributed by atoms with Crippen LogP contribution in [0.1, 0.15) is 51.9 Å². The first-order valence-electron chi connectivity index (χ1n) is 5.48. The Morgan fingerprint density at radius 2 is 2.00 bits per heavy atom. The molecule has 0 aromatic carbocycles. The highest BCUT2D eigenvalue weighted by Gasteiger charge is 2.11. The summed E-state index contributed by atoms with van der Waals surface area (Å²) in [6.45, 7) is 5.67. The average Bonchev–Trinajstić information content (AvgIpc) is 2.14. The minimum Gasteiger partial charge on any atom is -0.312 e. The molecule has 1 heteroatoms. The van der Waals surface area contributed by atoms with Gasteiger partial charge in [0, 0.05) is 6.54 Å². The summed E-state index contributed by atoms with van der Waals surface area (Å²) in [5.74, 6) is 0.965. The van der Waals surface area contributed by atoms with E-state index in [-0.39, 0.29) is 0 Å². The standard InChI is InChI=1S/C11H22N/c1-2-3-9-12-10-11-7-5-4-6-8-11/h9,11-12H,2-8,10H2,1H3. The molecule has 1 radical (unpaired) electrons. The molecule has 1 fully saturated rings. The van der Waals surface area contributed by atoms with Gasteiger partial charge in [-0.1, -0.05) is 32.6 Å². The molecule has 0 aliphatic heterocycles. The third-order valence-electron chi connectivity index (χ3n) is 2.71. The second-order valence-electron chi connectivity index (χ2n) is 3.91. The molecule has 0 spiro atoms. The Balaban J connectivity index is 1.91. The van der Waals surface area contributed by atoms with E-state index in [1.807, 2.05) is 0 Å². The molecule has 1 N–H and O–H groups in total. The molecule has 0 bridgehead atoms. The predicted octanol–water partition coefficient (Wildman–Crippen LogP) is 3.12. The lowest BCUT2D eigenvalue weighted by molar-refractivity contribution is 0.349. The van der Waals surface area contributed by atoms with Crippen molar-refractivity contribution in [3.05, 3.63) is 6.54 Å². The molecule has 1 nitrogen and oxygen atoms in total. The predicted molar refractivity (Wildman–Crippen MR) is 53.8 cm³/mol. The third-order valence-corrected chi connectivity index (χ3v) is 2.71. The molecular weight excluding hydrogens is 146 g/mol. The smallest absolute Gasteiger partial charge is 0.0221 e. The maximum atomic E-state index is 3.43. The van der Waals surface area contributed by atoms with Crippen LogP contribution in [0.5, 0.6) is 0 Å². The highest BCUT2D eigenvalue weighted by atomic mass is 14.8. The Kier molecular flexibility index (Phi) is 5.42. The Labute approximate surface area is 76.9 Å². The number of hydrogen-bond acceptors (Lipinski definition) is 1. The molecule has 0 atom stereocenters. The Morgan fingerprint density at radius 3 is 2.67 bits per heavy atom. The van der Waals surface area contributed by atoms with Crippen molar-refractivity contribution in [1.29, 1.82) is 0 Å². The summed E-state index contributed by atoms with van der Waals surface area (Å²) in [7, 11) is 0. The summed E-state index contributed by atoms with van der Waals surface area (Å²) in [5.41, 5.74) is 0. The highest BCUT2D eigenvalue weighted by Crippen LogP contribution is 2.22. The van der Waals surface area contributed by atoms with E-state index >= 15 is 0 Å². The number of nitrogens with one attached hydrogen (secondary N) is 1. The maximum absolute atomic E-state index is 3.43. The molecule has 12 heavy (non-hydrogen) atoms. The lowest BCUT2D eigenvalue weighted by Gasteiger charge is -2.21. The van der Waals surface area contributed by atoms with Crippen LogP contribution in [0.4, 0.5) is 0 Å². The average molecular weight is 168 g/mol. The summed E-state index contributed by atoms with van der Waals surface area (Å²) in [6.07, 6.45) is 9.76. The van der Waals surface area contributed by atoms with Gasteiger partial charge in [0.15, 0.2) is 0 Å². The van der Waals surface area contributed by atoms with Crippen molar-refractivity contribution in [2.45, 2.75) is 51.9 Å². The van der Waals surface area contributed by atoms with E-state index in [0.717, 1.165) is 5.92 Å². The zero-order valence-electron chi connectivity index (χ0n) is 8.31. The van der Waals surface area contributed by atoms with Gasteiger partial charge in [0.2, 0.25) is 0 Å². The van der Waals surface area contributed by atoms with Crippen molar-refractivity contribution in [3.63, 3.8) is 0 Å². The fourth-order valence-electron chi connectivity index (χ4n) is 1.89. The quantitative estimate of drug-likeness (QED) is 0.622. The van der Waals surface area contributed by atoms with E-state index in [1.165, 1.54) is 51.5 Å². The van der Waals surface area contributed by atoms with Crippen LogP contribution in [0.3, 0.4) is 0 Å². The monoisotopic (exact) mass is 168 g/mol. The molecule has 0 aromatic heterocycles. The zero-order valence-corrected chi connectivity index (χ0v) is 8.31. The normalized spacial score (nSPS) is 19.8. The molecule has 1 aliphatic carbocycles. The van der Waals surface area contributed by atoms with Crippen LogP contribution >= 0.6 is 0 Å². The van der Waals surface area contributed by atoms with E-state index in [9.17, 15) is 0 Å². The molecule has 0 heterocycles. The van der Waals surface area contributed by atoms with Gasteiger partial charge in [-0.2, -0.15) is 0 Å². The van der Waals surface area contributed by atoms with Crippen LogP contribution in [-0.2, 0) is 0 Å². The fraction of sp³-hybridized carbons (Fsp3) is 0.909. The van der Waals surface area contributed by atoms with Gasteiger partial charge in [-0.15, -0.1) is 0 Å². The Morgan fingerprint density at radius 1 is 1.25 bits per heavy atom. The second kappa shape index (κ2) is 6.47. The van der Waals surface area contributed by atoms with Crippen molar-refractivity contribution in [2.75, 3.05) is 6.54 Å². The lowest BCUT2D eigenvalue weighted by atomic mass is 9.89. The highest BCUT2D eigenvalue weighted by molar-refractivity contribution is 4.70. The molecule has 0 saturated heterocycles. The summed E-state index contributed by atoms with van der Waals surface area (Å²) in [5, 5.41) is 3.43. The topological polar surface area (TPSA) is 12.0 Å². The molecule has 1 saturated carbocycles. The van der Waals surface area contributed by atoms with Crippen LogP contribution in [0.25, 0.3) is 0 Å². The van der Waals surface area contributed by atoms with Crippen molar-refractivity contribution in [3.8, 4) is 0 Å². The van der Waals surface area contributed by atoms with Crippen molar-refractivity contribution in [2.24, 2.45) is 5.92 Å².